The van der Waals surface area contributed by atoms with Crippen molar-refractivity contribution < 1.29 is 19.0 Å². The monoisotopic (exact) mass is 461 g/mol. The van der Waals surface area contributed by atoms with Gasteiger partial charge in [-0.25, -0.2) is 4.39 Å². The number of hydrogen-bond acceptors (Lipinski definition) is 5. The summed E-state index contributed by atoms with van der Waals surface area (Å²) in [6, 6.07) is 14.6. The van der Waals surface area contributed by atoms with Crippen molar-refractivity contribution in [3.8, 4) is 11.5 Å². The molecule has 34 heavy (non-hydrogen) atoms. The van der Waals surface area contributed by atoms with Crippen molar-refractivity contribution in [2.75, 3.05) is 18.3 Å². The van der Waals surface area contributed by atoms with Crippen molar-refractivity contribution in [1.29, 1.82) is 0 Å². The second kappa shape index (κ2) is 8.70. The average Bonchev–Trinajstić information content (AvgIpc) is 2.83. The maximum atomic E-state index is 15.0. The molecule has 0 aliphatic carbocycles. The molecule has 2 bridgehead atoms. The fraction of sp³-hybridized carbons (Fsp3) is 0.231. The van der Waals surface area contributed by atoms with E-state index in [0.717, 1.165) is 5.56 Å². The van der Waals surface area contributed by atoms with E-state index in [0.29, 0.717) is 12.0 Å². The standard InChI is InChI=1S/C26H24FN3O4/c1-17-8-5-6-15-34-25-19(11-7-12-20(25)27)22(18-9-3-2-4-10-18)30-16-28(17)26(33)23-24(32)21(31)13-14-29(23)30/h2-7,9-14,17,22,32H,8,15-16H2,1H3/b6-5+/t17-,22-/m0/s1. The molecule has 174 valence electrons. The van der Waals surface area contributed by atoms with Gasteiger partial charge in [0.2, 0.25) is 5.43 Å². The van der Waals surface area contributed by atoms with Crippen molar-refractivity contribution in [3.63, 3.8) is 0 Å². The largest absolute Gasteiger partial charge is 0.502 e. The van der Waals surface area contributed by atoms with Crippen LogP contribution in [0, 0.1) is 5.82 Å². The maximum absolute atomic E-state index is 15.0. The topological polar surface area (TPSA) is 75.0 Å². The van der Waals surface area contributed by atoms with Gasteiger partial charge in [0.25, 0.3) is 5.91 Å². The first-order valence-electron chi connectivity index (χ1n) is 11.1. The predicted octanol–water partition coefficient (Wildman–Crippen LogP) is 3.56. The van der Waals surface area contributed by atoms with Crippen LogP contribution in [0.3, 0.4) is 0 Å². The molecule has 2 aliphatic heterocycles. The molecule has 5 rings (SSSR count). The lowest BCUT2D eigenvalue weighted by Gasteiger charge is -2.46. The van der Waals surface area contributed by atoms with Crippen molar-refractivity contribution in [2.24, 2.45) is 0 Å². The zero-order chi connectivity index (χ0) is 23.8. The lowest BCUT2D eigenvalue weighted by Crippen LogP contribution is -2.57. The van der Waals surface area contributed by atoms with E-state index in [1.165, 1.54) is 23.0 Å². The van der Waals surface area contributed by atoms with Crippen molar-refractivity contribution >= 4 is 5.91 Å². The summed E-state index contributed by atoms with van der Waals surface area (Å²) in [5.74, 6) is -1.43. The van der Waals surface area contributed by atoms with Gasteiger partial charge in [-0.05, 0) is 25.0 Å². The summed E-state index contributed by atoms with van der Waals surface area (Å²) in [5.41, 5.74) is 0.635. The number of halogens is 1. The number of nitrogens with zero attached hydrogens (tertiary/aromatic N) is 3. The smallest absolute Gasteiger partial charge is 0.278 e. The molecule has 0 unspecified atom stereocenters. The van der Waals surface area contributed by atoms with Crippen LogP contribution in [-0.4, -0.2) is 39.9 Å². The van der Waals surface area contributed by atoms with Crippen LogP contribution in [0.1, 0.15) is 41.0 Å². The summed E-state index contributed by atoms with van der Waals surface area (Å²) in [5, 5.41) is 12.5. The van der Waals surface area contributed by atoms with Crippen LogP contribution in [-0.2, 0) is 0 Å². The van der Waals surface area contributed by atoms with Gasteiger partial charge in [0.1, 0.15) is 19.3 Å². The second-order valence-corrected chi connectivity index (χ2v) is 8.42. The van der Waals surface area contributed by atoms with Gasteiger partial charge >= 0.3 is 0 Å². The Labute approximate surface area is 195 Å². The van der Waals surface area contributed by atoms with Gasteiger partial charge in [-0.1, -0.05) is 54.6 Å². The number of fused-ring (bicyclic) bond motifs is 5. The first kappa shape index (κ1) is 21.8. The average molecular weight is 461 g/mol. The first-order chi connectivity index (χ1) is 16.5. The molecule has 3 heterocycles. The third-order valence-corrected chi connectivity index (χ3v) is 6.30. The molecule has 0 fully saturated rings. The van der Waals surface area contributed by atoms with E-state index < -0.39 is 28.9 Å². The Bertz CT molecular complexity index is 1320. The van der Waals surface area contributed by atoms with Crippen LogP contribution in [0.15, 0.2) is 77.7 Å². The van der Waals surface area contributed by atoms with Crippen LogP contribution < -0.4 is 15.2 Å². The van der Waals surface area contributed by atoms with Gasteiger partial charge in [-0.15, -0.1) is 0 Å². The lowest BCUT2D eigenvalue weighted by atomic mass is 9.96. The minimum absolute atomic E-state index is 0.116. The molecule has 7 nitrogen and oxygen atoms in total. The normalized spacial score (nSPS) is 20.9. The highest BCUT2D eigenvalue weighted by atomic mass is 19.1. The lowest BCUT2D eigenvalue weighted by molar-refractivity contribution is 0.0606. The van der Waals surface area contributed by atoms with E-state index >= 15 is 4.39 Å². The van der Waals surface area contributed by atoms with E-state index in [-0.39, 0.29) is 30.8 Å². The Balaban J connectivity index is 1.82. The van der Waals surface area contributed by atoms with Crippen LogP contribution in [0.5, 0.6) is 11.5 Å². The van der Waals surface area contributed by atoms with Crippen molar-refractivity contribution in [2.45, 2.75) is 25.4 Å². The highest BCUT2D eigenvalue weighted by Crippen LogP contribution is 2.38. The Morgan fingerprint density at radius 2 is 1.82 bits per heavy atom. The quantitative estimate of drug-likeness (QED) is 0.561. The van der Waals surface area contributed by atoms with E-state index in [9.17, 15) is 14.7 Å². The number of benzene rings is 2. The molecule has 0 saturated carbocycles. The molecule has 0 saturated heterocycles. The van der Waals surface area contributed by atoms with Gasteiger partial charge in [0.15, 0.2) is 23.0 Å². The third-order valence-electron chi connectivity index (χ3n) is 6.30. The highest BCUT2D eigenvalue weighted by molar-refractivity contribution is 5.96. The molecule has 1 N–H and O–H groups in total. The molecule has 2 aromatic carbocycles. The molecule has 1 aromatic heterocycles. The van der Waals surface area contributed by atoms with Crippen LogP contribution in [0.2, 0.25) is 0 Å². The first-order valence-corrected chi connectivity index (χ1v) is 11.1. The molecular weight excluding hydrogens is 437 g/mol. The number of aromatic hydroxyl groups is 1. The molecule has 8 heteroatoms. The fourth-order valence-electron chi connectivity index (χ4n) is 4.56. The number of carbonyl (C=O) groups is 1. The van der Waals surface area contributed by atoms with Gasteiger partial charge in [0.05, 0.1) is 0 Å². The molecular formula is C26H24FN3O4. The number of rotatable bonds is 1. The Morgan fingerprint density at radius 1 is 1.03 bits per heavy atom. The van der Waals surface area contributed by atoms with Crippen LogP contribution in [0.4, 0.5) is 4.39 Å². The van der Waals surface area contributed by atoms with E-state index in [1.807, 2.05) is 48.3 Å². The molecule has 3 aromatic rings. The van der Waals surface area contributed by atoms with E-state index in [4.69, 9.17) is 4.74 Å². The summed E-state index contributed by atoms with van der Waals surface area (Å²) in [4.78, 5) is 27.3. The molecule has 2 aliphatic rings. The molecule has 1 amide bonds. The van der Waals surface area contributed by atoms with Gasteiger partial charge in [-0.3, -0.25) is 19.3 Å². The van der Waals surface area contributed by atoms with Gasteiger partial charge in [0, 0.05) is 23.9 Å². The zero-order valence-corrected chi connectivity index (χ0v) is 18.6. The fourth-order valence-corrected chi connectivity index (χ4v) is 4.56. The Kier molecular flexibility index (Phi) is 5.57. The minimum atomic E-state index is -0.638. The van der Waals surface area contributed by atoms with Gasteiger partial charge < -0.3 is 14.7 Å². The summed E-state index contributed by atoms with van der Waals surface area (Å²) < 4.78 is 22.4. The maximum Gasteiger partial charge on any atom is 0.278 e. The zero-order valence-electron chi connectivity index (χ0n) is 18.6. The molecule has 0 spiro atoms. The third kappa shape index (κ3) is 3.61. The van der Waals surface area contributed by atoms with Crippen LogP contribution in [0.25, 0.3) is 0 Å². The van der Waals surface area contributed by atoms with Crippen molar-refractivity contribution in [1.82, 2.24) is 9.58 Å². The number of para-hydroxylation sites is 1. The summed E-state index contributed by atoms with van der Waals surface area (Å²) in [6.45, 7) is 2.24. The number of ether oxygens (including phenoxy) is 1. The molecule has 0 radical (unpaired) electrons. The second-order valence-electron chi connectivity index (χ2n) is 8.42. The summed E-state index contributed by atoms with van der Waals surface area (Å²) >= 11 is 0. The number of carbonyl (C=O) groups excluding carboxylic acids is 1. The number of hydrogen-bond donors (Lipinski definition) is 1. The molecule has 2 atom stereocenters. The van der Waals surface area contributed by atoms with E-state index in [1.54, 1.807) is 23.1 Å². The predicted molar refractivity (Wildman–Crippen MR) is 125 cm³/mol. The highest BCUT2D eigenvalue weighted by Gasteiger charge is 2.39. The van der Waals surface area contributed by atoms with E-state index in [2.05, 4.69) is 0 Å². The number of amides is 1. The summed E-state index contributed by atoms with van der Waals surface area (Å²) in [7, 11) is 0. The minimum Gasteiger partial charge on any atom is -0.502 e. The number of pyridine rings is 1. The number of aromatic nitrogens is 1. The van der Waals surface area contributed by atoms with Gasteiger partial charge in [-0.2, -0.15) is 0 Å². The SMILES string of the molecule is C[C@H]1C/C=C/COc2c(F)cccc2[C@H](c2ccccc2)N2CN1C(=O)c1c(O)c(=O)ccn12. The van der Waals surface area contributed by atoms with Crippen LogP contribution >= 0.6 is 0 Å². The van der Waals surface area contributed by atoms with Crippen molar-refractivity contribution in [3.05, 3.63) is 106 Å². The Hall–Kier alpha value is -4.07. The summed E-state index contributed by atoms with van der Waals surface area (Å²) in [6.07, 6.45) is 5.68. The Morgan fingerprint density at radius 3 is 2.62 bits per heavy atom.